The van der Waals surface area contributed by atoms with Crippen molar-refractivity contribution in [2.24, 2.45) is 5.92 Å². The van der Waals surface area contributed by atoms with Gasteiger partial charge in [0.2, 0.25) is 5.89 Å². The van der Waals surface area contributed by atoms with Gasteiger partial charge in [-0.3, -0.25) is 0 Å². The number of nitrogens with one attached hydrogen (secondary N) is 1. The summed E-state index contributed by atoms with van der Waals surface area (Å²) in [5.41, 5.74) is 0. The van der Waals surface area contributed by atoms with Crippen LogP contribution < -0.4 is 10.2 Å². The molecule has 2 atom stereocenters. The lowest BCUT2D eigenvalue weighted by molar-refractivity contribution is 0.0955. The van der Waals surface area contributed by atoms with Crippen LogP contribution >= 0.6 is 0 Å². The molecular formula is C12H20N4O2. The van der Waals surface area contributed by atoms with Gasteiger partial charge in [-0.25, -0.2) is 0 Å². The molecule has 0 spiro atoms. The first kappa shape index (κ1) is 11.9. The Labute approximate surface area is 106 Å². The normalized spacial score (nSPS) is 28.7. The molecule has 100 valence electrons. The fourth-order valence-corrected chi connectivity index (χ4v) is 2.27. The second-order valence-corrected chi connectivity index (χ2v) is 5.41. The first-order valence-corrected chi connectivity index (χ1v) is 6.71. The van der Waals surface area contributed by atoms with Crippen molar-refractivity contribution in [2.75, 3.05) is 18.0 Å². The molecular weight excluding hydrogens is 232 g/mol. The lowest BCUT2D eigenvalue weighted by Gasteiger charge is -2.32. The summed E-state index contributed by atoms with van der Waals surface area (Å²) in [6.07, 6.45) is 3.06. The molecule has 2 fully saturated rings. The summed E-state index contributed by atoms with van der Waals surface area (Å²) in [5.74, 6) is 0.898. The molecule has 2 heterocycles. The second kappa shape index (κ2) is 4.85. The van der Waals surface area contributed by atoms with Gasteiger partial charge in [0.1, 0.15) is 0 Å². The largest absolute Gasteiger partial charge is 0.407 e. The Bertz CT molecular complexity index is 405. The minimum atomic E-state index is -0.208. The van der Waals surface area contributed by atoms with E-state index in [1.807, 2.05) is 6.92 Å². The summed E-state index contributed by atoms with van der Waals surface area (Å²) in [6, 6.07) is 1.23. The Morgan fingerprint density at radius 2 is 2.22 bits per heavy atom. The lowest BCUT2D eigenvalue weighted by Crippen LogP contribution is -2.42. The van der Waals surface area contributed by atoms with Gasteiger partial charge in [0.05, 0.1) is 12.6 Å². The molecule has 0 bridgehead atoms. The maximum atomic E-state index is 9.70. The molecule has 1 saturated heterocycles. The highest BCUT2D eigenvalue weighted by atomic mass is 16.4. The minimum Gasteiger partial charge on any atom is -0.407 e. The Kier molecular flexibility index (Phi) is 3.22. The maximum Gasteiger partial charge on any atom is 0.318 e. The van der Waals surface area contributed by atoms with E-state index < -0.39 is 0 Å². The molecule has 6 nitrogen and oxygen atoms in total. The van der Waals surface area contributed by atoms with E-state index >= 15 is 0 Å². The van der Waals surface area contributed by atoms with Gasteiger partial charge in [0.25, 0.3) is 0 Å². The van der Waals surface area contributed by atoms with Crippen LogP contribution in [0.2, 0.25) is 0 Å². The summed E-state index contributed by atoms with van der Waals surface area (Å²) in [4.78, 5) is 2.06. The fraction of sp³-hybridized carbons (Fsp3) is 0.833. The van der Waals surface area contributed by atoms with Gasteiger partial charge in [-0.1, -0.05) is 12.0 Å². The van der Waals surface area contributed by atoms with Crippen molar-refractivity contribution in [3.63, 3.8) is 0 Å². The zero-order valence-corrected chi connectivity index (χ0v) is 10.7. The average Bonchev–Trinajstić information content (AvgIpc) is 3.08. The Morgan fingerprint density at radius 3 is 2.94 bits per heavy atom. The molecule has 0 aromatic carbocycles. The number of nitrogens with zero attached hydrogens (tertiary/aromatic N) is 3. The number of aliphatic hydroxyl groups is 1. The van der Waals surface area contributed by atoms with Gasteiger partial charge in [-0.2, -0.15) is 0 Å². The summed E-state index contributed by atoms with van der Waals surface area (Å²) in [5, 5.41) is 21.2. The van der Waals surface area contributed by atoms with Crippen molar-refractivity contribution < 1.29 is 9.52 Å². The summed E-state index contributed by atoms with van der Waals surface area (Å²) < 4.78 is 5.64. The molecule has 2 unspecified atom stereocenters. The third-order valence-electron chi connectivity index (χ3n) is 3.71. The summed E-state index contributed by atoms with van der Waals surface area (Å²) in [7, 11) is 0. The van der Waals surface area contributed by atoms with Crippen LogP contribution in [0.5, 0.6) is 0 Å². The van der Waals surface area contributed by atoms with Crippen molar-refractivity contribution in [1.82, 2.24) is 15.5 Å². The first-order valence-electron chi connectivity index (χ1n) is 6.71. The molecule has 1 saturated carbocycles. The van der Waals surface area contributed by atoms with Crippen LogP contribution in [0.4, 0.5) is 6.01 Å². The summed E-state index contributed by atoms with van der Waals surface area (Å²) >= 11 is 0. The van der Waals surface area contributed by atoms with E-state index in [0.717, 1.165) is 19.5 Å². The quantitative estimate of drug-likeness (QED) is 0.814. The zero-order chi connectivity index (χ0) is 12.5. The van der Waals surface area contributed by atoms with E-state index in [1.54, 1.807) is 0 Å². The van der Waals surface area contributed by atoms with Gasteiger partial charge in [0.15, 0.2) is 0 Å². The molecule has 2 aliphatic rings. The van der Waals surface area contributed by atoms with Crippen LogP contribution in [-0.2, 0) is 6.54 Å². The monoisotopic (exact) mass is 252 g/mol. The Balaban J connectivity index is 1.58. The number of aromatic nitrogens is 2. The predicted octanol–water partition coefficient (Wildman–Crippen LogP) is 0.529. The molecule has 1 aromatic rings. The predicted molar refractivity (Wildman–Crippen MR) is 66.2 cm³/mol. The van der Waals surface area contributed by atoms with Crippen LogP contribution in [0.3, 0.4) is 0 Å². The highest BCUT2D eigenvalue weighted by molar-refractivity contribution is 5.25. The first-order chi connectivity index (χ1) is 8.72. The molecule has 1 aromatic heterocycles. The molecule has 1 aliphatic carbocycles. The highest BCUT2D eigenvalue weighted by Gasteiger charge is 2.27. The topological polar surface area (TPSA) is 74.4 Å². The number of aliphatic hydroxyl groups excluding tert-OH is 1. The van der Waals surface area contributed by atoms with E-state index in [4.69, 9.17) is 4.42 Å². The molecule has 6 heteroatoms. The third kappa shape index (κ3) is 2.64. The smallest absolute Gasteiger partial charge is 0.318 e. The van der Waals surface area contributed by atoms with E-state index in [2.05, 4.69) is 20.4 Å². The van der Waals surface area contributed by atoms with Crippen LogP contribution in [0.1, 0.15) is 32.1 Å². The Hall–Kier alpha value is -1.14. The van der Waals surface area contributed by atoms with Crippen LogP contribution in [0, 0.1) is 5.92 Å². The standard InChI is InChI=1S/C12H20N4O2/c1-8-7-16(5-4-10(8)17)12-15-14-11(18-12)6-13-9-2-3-9/h8-10,13,17H,2-7H2,1H3. The van der Waals surface area contributed by atoms with Crippen LogP contribution in [0.25, 0.3) is 0 Å². The SMILES string of the molecule is CC1CN(c2nnc(CNC3CC3)o2)CCC1O. The summed E-state index contributed by atoms with van der Waals surface area (Å²) in [6.45, 7) is 4.26. The van der Waals surface area contributed by atoms with Crippen molar-refractivity contribution in [1.29, 1.82) is 0 Å². The third-order valence-corrected chi connectivity index (χ3v) is 3.71. The molecule has 1 aliphatic heterocycles. The molecule has 0 radical (unpaired) electrons. The van der Waals surface area contributed by atoms with Crippen LogP contribution in [0.15, 0.2) is 4.42 Å². The highest BCUT2D eigenvalue weighted by Crippen LogP contribution is 2.23. The van der Waals surface area contributed by atoms with Crippen molar-refractivity contribution >= 4 is 6.01 Å². The zero-order valence-electron chi connectivity index (χ0n) is 10.7. The van der Waals surface area contributed by atoms with Gasteiger partial charge >= 0.3 is 6.01 Å². The average molecular weight is 252 g/mol. The van der Waals surface area contributed by atoms with E-state index in [9.17, 15) is 5.11 Å². The minimum absolute atomic E-state index is 0.208. The number of rotatable bonds is 4. The van der Waals surface area contributed by atoms with Crippen molar-refractivity contribution in [2.45, 2.75) is 44.9 Å². The van der Waals surface area contributed by atoms with E-state index in [0.29, 0.717) is 24.5 Å². The molecule has 0 amide bonds. The van der Waals surface area contributed by atoms with Crippen molar-refractivity contribution in [3.8, 4) is 0 Å². The van der Waals surface area contributed by atoms with Gasteiger partial charge in [-0.15, -0.1) is 5.10 Å². The lowest BCUT2D eigenvalue weighted by atomic mass is 9.97. The van der Waals surface area contributed by atoms with Crippen molar-refractivity contribution in [3.05, 3.63) is 5.89 Å². The Morgan fingerprint density at radius 1 is 1.39 bits per heavy atom. The van der Waals surface area contributed by atoms with Gasteiger partial charge in [-0.05, 0) is 25.2 Å². The molecule has 2 N–H and O–H groups in total. The maximum absolute atomic E-state index is 9.70. The van der Waals surface area contributed by atoms with E-state index in [1.165, 1.54) is 12.8 Å². The second-order valence-electron chi connectivity index (χ2n) is 5.41. The molecule has 3 rings (SSSR count). The van der Waals surface area contributed by atoms with Crippen LogP contribution in [-0.4, -0.2) is 40.5 Å². The van der Waals surface area contributed by atoms with E-state index in [-0.39, 0.29) is 12.0 Å². The fourth-order valence-electron chi connectivity index (χ4n) is 2.27. The number of anilines is 1. The number of piperidine rings is 1. The van der Waals surface area contributed by atoms with Gasteiger partial charge in [0, 0.05) is 19.1 Å². The number of hydrogen-bond donors (Lipinski definition) is 2. The molecule has 18 heavy (non-hydrogen) atoms. The number of hydrogen-bond acceptors (Lipinski definition) is 6. The van der Waals surface area contributed by atoms with Gasteiger partial charge < -0.3 is 19.7 Å².